The van der Waals surface area contributed by atoms with E-state index in [1.54, 1.807) is 6.92 Å². The quantitative estimate of drug-likeness (QED) is 0.214. The number of hydrogen-bond donors (Lipinski definition) is 1. The lowest BCUT2D eigenvalue weighted by Crippen LogP contribution is -2.48. The third-order valence-corrected chi connectivity index (χ3v) is 8.61. The molecule has 1 aromatic carbocycles. The molecular weight excluding hydrogens is 528 g/mol. The second-order valence-electron chi connectivity index (χ2n) is 12.3. The van der Waals surface area contributed by atoms with Crippen molar-refractivity contribution in [2.45, 2.75) is 86.2 Å². The minimum absolute atomic E-state index is 0.0471. The number of hydrogen-bond acceptors (Lipinski definition) is 6. The summed E-state index contributed by atoms with van der Waals surface area (Å²) in [5.74, 6) is -2.76. The van der Waals surface area contributed by atoms with E-state index >= 15 is 4.79 Å². The van der Waals surface area contributed by atoms with Gasteiger partial charge in [0.1, 0.15) is 17.6 Å². The first-order valence-corrected chi connectivity index (χ1v) is 14.7. The zero-order valence-electron chi connectivity index (χ0n) is 26.4. The van der Waals surface area contributed by atoms with Crippen LogP contribution in [0.2, 0.25) is 0 Å². The summed E-state index contributed by atoms with van der Waals surface area (Å²) in [5, 5.41) is 11.9. The molecule has 3 rings (SSSR count). The first kappa shape index (κ1) is 32.8. The normalized spacial score (nSPS) is 23.4. The van der Waals surface area contributed by atoms with Gasteiger partial charge in [-0.3, -0.25) is 14.4 Å². The Bertz CT molecular complexity index is 1350. The third-order valence-electron chi connectivity index (χ3n) is 8.61. The zero-order valence-corrected chi connectivity index (χ0v) is 26.4. The molecule has 0 unspecified atom stereocenters. The second-order valence-corrected chi connectivity index (χ2v) is 12.3. The van der Waals surface area contributed by atoms with Crippen molar-refractivity contribution in [1.82, 2.24) is 0 Å². The van der Waals surface area contributed by atoms with Gasteiger partial charge in [0.25, 0.3) is 0 Å². The Morgan fingerprint density at radius 2 is 1.69 bits per heavy atom. The highest BCUT2D eigenvalue weighted by molar-refractivity contribution is 6.13. The van der Waals surface area contributed by atoms with Gasteiger partial charge in [0.05, 0.1) is 30.4 Å². The number of ketones is 2. The van der Waals surface area contributed by atoms with Gasteiger partial charge in [-0.2, -0.15) is 0 Å². The van der Waals surface area contributed by atoms with Gasteiger partial charge in [0, 0.05) is 11.5 Å². The molecule has 226 valence electrons. The van der Waals surface area contributed by atoms with Crippen LogP contribution in [-0.4, -0.2) is 35.9 Å². The van der Waals surface area contributed by atoms with Crippen molar-refractivity contribution in [3.05, 3.63) is 94.0 Å². The van der Waals surface area contributed by atoms with Crippen LogP contribution in [-0.2, 0) is 23.9 Å². The lowest BCUT2D eigenvalue weighted by atomic mass is 9.61. The number of esters is 1. The molecule has 0 bridgehead atoms. The van der Waals surface area contributed by atoms with E-state index in [4.69, 9.17) is 9.47 Å². The number of aliphatic hydroxyl groups excluding tert-OH is 1. The molecule has 2 aliphatic rings. The van der Waals surface area contributed by atoms with Crippen molar-refractivity contribution >= 4 is 17.5 Å². The fourth-order valence-electron chi connectivity index (χ4n) is 5.81. The van der Waals surface area contributed by atoms with E-state index in [0.29, 0.717) is 18.4 Å². The Hall–Kier alpha value is -3.67. The van der Waals surface area contributed by atoms with E-state index in [1.807, 2.05) is 78.0 Å². The molecule has 0 saturated carbocycles. The molecular formula is C36H46O6. The summed E-state index contributed by atoms with van der Waals surface area (Å²) in [6, 6.07) is 9.12. The zero-order chi connectivity index (χ0) is 31.4. The molecule has 0 amide bonds. The number of methoxy groups -OCH3 is 1. The summed E-state index contributed by atoms with van der Waals surface area (Å²) < 4.78 is 11.5. The maximum absolute atomic E-state index is 15.1. The van der Waals surface area contributed by atoms with Crippen LogP contribution in [0.3, 0.4) is 0 Å². The number of carbonyl (C=O) groups excluding carboxylic acids is 3. The van der Waals surface area contributed by atoms with E-state index in [2.05, 4.69) is 12.7 Å². The first-order valence-electron chi connectivity index (χ1n) is 14.7. The van der Waals surface area contributed by atoms with Crippen molar-refractivity contribution in [2.75, 3.05) is 7.11 Å². The van der Waals surface area contributed by atoms with Gasteiger partial charge >= 0.3 is 5.97 Å². The smallest absolute Gasteiger partial charge is 0.306 e. The highest BCUT2D eigenvalue weighted by Gasteiger charge is 2.56. The van der Waals surface area contributed by atoms with Gasteiger partial charge in [-0.05, 0) is 72.3 Å². The predicted molar refractivity (Wildman–Crippen MR) is 166 cm³/mol. The fraction of sp³-hybridized carbons (Fsp3) is 0.472. The monoisotopic (exact) mass is 574 g/mol. The molecule has 0 aromatic heterocycles. The van der Waals surface area contributed by atoms with Gasteiger partial charge in [0.15, 0.2) is 11.6 Å². The number of allylic oxidation sites excluding steroid dienone is 8. The Morgan fingerprint density at radius 3 is 2.24 bits per heavy atom. The molecule has 1 aliphatic carbocycles. The lowest BCUT2D eigenvalue weighted by molar-refractivity contribution is -0.140. The first-order chi connectivity index (χ1) is 19.7. The largest absolute Gasteiger partial charge is 0.507 e. The minimum Gasteiger partial charge on any atom is -0.507 e. The second kappa shape index (κ2) is 13.5. The molecule has 1 aromatic rings. The molecule has 0 saturated heterocycles. The number of benzene rings is 1. The van der Waals surface area contributed by atoms with Gasteiger partial charge in [0.2, 0.25) is 0 Å². The highest BCUT2D eigenvalue weighted by Crippen LogP contribution is 2.54. The Balaban J connectivity index is 2.41. The van der Waals surface area contributed by atoms with Crippen molar-refractivity contribution < 1.29 is 29.0 Å². The van der Waals surface area contributed by atoms with Crippen LogP contribution in [0.1, 0.15) is 85.6 Å². The number of carbonyl (C=O) groups is 3. The van der Waals surface area contributed by atoms with Crippen LogP contribution in [0.5, 0.6) is 0 Å². The molecule has 6 nitrogen and oxygen atoms in total. The van der Waals surface area contributed by atoms with Gasteiger partial charge in [-0.15, -0.1) is 0 Å². The predicted octanol–water partition coefficient (Wildman–Crippen LogP) is 7.89. The molecule has 0 fully saturated rings. The van der Waals surface area contributed by atoms with Gasteiger partial charge < -0.3 is 14.6 Å². The topological polar surface area (TPSA) is 89.9 Å². The Labute approximate surface area is 250 Å². The van der Waals surface area contributed by atoms with E-state index in [9.17, 15) is 14.7 Å². The molecule has 6 heteroatoms. The Kier molecular flexibility index (Phi) is 10.6. The SMILES string of the molecule is C=C(C)[C@H](CC=C(C)C)C[C@@]1(CC=C(C)C)C(=O)C([C@H](CC(=O)OC)c2ccccc2)=C(O)C2=C1O[C@H](C)[C@@H](C)C2=O. The fourth-order valence-corrected chi connectivity index (χ4v) is 5.81. The summed E-state index contributed by atoms with van der Waals surface area (Å²) in [5.41, 5.74) is 2.56. The van der Waals surface area contributed by atoms with Crippen LogP contribution >= 0.6 is 0 Å². The number of ether oxygens (including phenoxy) is 2. The average molecular weight is 575 g/mol. The number of aliphatic hydroxyl groups is 1. The summed E-state index contributed by atoms with van der Waals surface area (Å²) in [7, 11) is 1.29. The van der Waals surface area contributed by atoms with Crippen molar-refractivity contribution in [3.63, 3.8) is 0 Å². The van der Waals surface area contributed by atoms with Gasteiger partial charge in [-0.25, -0.2) is 0 Å². The van der Waals surface area contributed by atoms with E-state index in [-0.39, 0.29) is 47.2 Å². The van der Waals surface area contributed by atoms with Crippen LogP contribution in [0, 0.1) is 17.3 Å². The maximum atomic E-state index is 15.1. The third kappa shape index (κ3) is 6.69. The van der Waals surface area contributed by atoms with Crippen LogP contribution in [0.25, 0.3) is 0 Å². The Morgan fingerprint density at radius 1 is 1.07 bits per heavy atom. The standard InChI is InChI=1S/C36H46O6/c1-21(2)15-16-27(23(5)6)20-36(18-17-22(3)4)34(40)30(28(19-29(37)41-9)26-13-11-10-12-14-26)33(39)31-32(38)24(7)25(8)42-35(31)36/h10-15,17,24-25,27-28,39H,5,16,18-20H2,1-4,6-9H3/t24-,25-,27-,28-,36+/m1/s1. The molecule has 1 aliphatic heterocycles. The van der Waals surface area contributed by atoms with Gasteiger partial charge in [-0.1, -0.05) is 72.7 Å². The summed E-state index contributed by atoms with van der Waals surface area (Å²) >= 11 is 0. The molecule has 1 heterocycles. The molecule has 1 N–H and O–H groups in total. The van der Waals surface area contributed by atoms with E-state index < -0.39 is 35.1 Å². The molecule has 0 spiro atoms. The maximum Gasteiger partial charge on any atom is 0.306 e. The number of Topliss-reactive ketones (excluding diaryl/α,β-unsaturated/α-hetero) is 2. The van der Waals surface area contributed by atoms with Crippen LogP contribution in [0.4, 0.5) is 0 Å². The minimum atomic E-state index is -1.29. The summed E-state index contributed by atoms with van der Waals surface area (Å²) in [4.78, 5) is 41.8. The van der Waals surface area contributed by atoms with Crippen molar-refractivity contribution in [1.29, 1.82) is 0 Å². The number of rotatable bonds is 11. The van der Waals surface area contributed by atoms with Crippen molar-refractivity contribution in [2.24, 2.45) is 17.3 Å². The molecule has 42 heavy (non-hydrogen) atoms. The van der Waals surface area contributed by atoms with E-state index in [0.717, 1.165) is 16.7 Å². The summed E-state index contributed by atoms with van der Waals surface area (Å²) in [6.45, 7) is 17.8. The van der Waals surface area contributed by atoms with Crippen LogP contribution in [0.15, 0.2) is 88.4 Å². The molecule has 5 atom stereocenters. The van der Waals surface area contributed by atoms with E-state index in [1.165, 1.54) is 7.11 Å². The van der Waals surface area contributed by atoms with Crippen molar-refractivity contribution in [3.8, 4) is 0 Å². The van der Waals surface area contributed by atoms with Crippen LogP contribution < -0.4 is 0 Å². The lowest BCUT2D eigenvalue weighted by Gasteiger charge is -2.45. The molecule has 0 radical (unpaired) electrons. The average Bonchev–Trinajstić information content (AvgIpc) is 2.94. The highest BCUT2D eigenvalue weighted by atomic mass is 16.5. The summed E-state index contributed by atoms with van der Waals surface area (Å²) in [6.07, 6.45) is 4.74.